The zero-order chi connectivity index (χ0) is 20.7. The summed E-state index contributed by atoms with van der Waals surface area (Å²) in [7, 11) is 0. The van der Waals surface area contributed by atoms with Crippen LogP contribution < -0.4 is 5.69 Å². The van der Waals surface area contributed by atoms with Crippen molar-refractivity contribution in [2.75, 3.05) is 19.6 Å². The predicted octanol–water partition coefficient (Wildman–Crippen LogP) is 4.28. The minimum atomic E-state index is -0.252. The first-order valence-electron chi connectivity index (χ1n) is 10.2. The van der Waals surface area contributed by atoms with Gasteiger partial charge in [-0.15, -0.1) is 0 Å². The van der Waals surface area contributed by atoms with Gasteiger partial charge in [-0.1, -0.05) is 28.9 Å². The Hall–Kier alpha value is -2.64. The number of aromatic nitrogens is 2. The number of nitrogens with one attached hydrogen (secondary N) is 1. The van der Waals surface area contributed by atoms with E-state index in [4.69, 9.17) is 16.4 Å². The molecule has 0 saturated carbocycles. The summed E-state index contributed by atoms with van der Waals surface area (Å²) in [6.07, 6.45) is 2.36. The minimum Gasteiger partial charge on any atom is -0.387 e. The lowest BCUT2D eigenvalue weighted by molar-refractivity contribution is 0.0856. The highest BCUT2D eigenvalue weighted by atomic mass is 35.5. The molecule has 3 aromatic rings. The quantitative estimate of drug-likeness (QED) is 0.674. The molecule has 1 aromatic heterocycles. The Balaban J connectivity index is 1.20. The van der Waals surface area contributed by atoms with E-state index in [0.29, 0.717) is 11.4 Å². The molecule has 2 aliphatic rings. The number of H-pyrrole nitrogens is 1. The van der Waals surface area contributed by atoms with Gasteiger partial charge in [0.2, 0.25) is 0 Å². The molecular formula is C22H22ClFN4O2. The number of rotatable bonds is 4. The van der Waals surface area contributed by atoms with Crippen LogP contribution in [0.5, 0.6) is 0 Å². The van der Waals surface area contributed by atoms with Gasteiger partial charge in [-0.25, -0.2) is 9.18 Å². The molecule has 156 valence electrons. The standard InChI is InChI=1S/C22H22ClFN4O2/c23-15-3-6-20-19(11-15)25-22(29)28(20)18-7-9-27(10-8-18)13-17-12-21(30-26-17)14-1-4-16(24)5-2-14/h1-6,11,18,21H,7-10,12-13H2,(H,25,29). The highest BCUT2D eigenvalue weighted by Gasteiger charge is 2.28. The number of halogens is 2. The fourth-order valence-electron chi connectivity index (χ4n) is 4.44. The van der Waals surface area contributed by atoms with E-state index in [0.717, 1.165) is 54.8 Å². The van der Waals surface area contributed by atoms with Crippen molar-refractivity contribution >= 4 is 28.3 Å². The number of nitrogens with zero attached hydrogens (tertiary/aromatic N) is 3. The normalized spacial score (nSPS) is 20.5. The summed E-state index contributed by atoms with van der Waals surface area (Å²) in [6.45, 7) is 2.53. The van der Waals surface area contributed by atoms with Crippen LogP contribution in [-0.4, -0.2) is 39.8 Å². The maximum atomic E-state index is 13.1. The van der Waals surface area contributed by atoms with Crippen LogP contribution >= 0.6 is 11.6 Å². The zero-order valence-electron chi connectivity index (χ0n) is 16.4. The first kappa shape index (κ1) is 19.3. The van der Waals surface area contributed by atoms with Gasteiger partial charge in [0.15, 0.2) is 6.10 Å². The molecule has 1 saturated heterocycles. The van der Waals surface area contributed by atoms with Crippen molar-refractivity contribution in [2.24, 2.45) is 5.16 Å². The Bertz CT molecular complexity index is 1150. The Morgan fingerprint density at radius 1 is 1.17 bits per heavy atom. The fraction of sp³-hybridized carbons (Fsp3) is 0.364. The first-order chi connectivity index (χ1) is 14.6. The SMILES string of the molecule is O=c1[nH]c2cc(Cl)ccc2n1C1CCN(CC2=NOC(c3ccc(F)cc3)C2)CC1. The number of imidazole rings is 1. The van der Waals surface area contributed by atoms with Crippen LogP contribution in [-0.2, 0) is 4.84 Å². The number of hydrogen-bond acceptors (Lipinski definition) is 4. The third-order valence-corrected chi connectivity index (χ3v) is 6.21. The number of hydrogen-bond donors (Lipinski definition) is 1. The third kappa shape index (κ3) is 3.75. The largest absolute Gasteiger partial charge is 0.387 e. The summed E-state index contributed by atoms with van der Waals surface area (Å²) in [5.41, 5.74) is 3.54. The topological polar surface area (TPSA) is 62.6 Å². The van der Waals surface area contributed by atoms with Gasteiger partial charge in [-0.3, -0.25) is 9.47 Å². The molecule has 6 nitrogen and oxygen atoms in total. The lowest BCUT2D eigenvalue weighted by atomic mass is 10.0. The van der Waals surface area contributed by atoms with E-state index in [9.17, 15) is 9.18 Å². The lowest BCUT2D eigenvalue weighted by Gasteiger charge is -2.32. The molecule has 1 atom stereocenters. The van der Waals surface area contributed by atoms with Gasteiger partial charge in [0.1, 0.15) is 5.82 Å². The molecule has 2 aromatic carbocycles. The Morgan fingerprint density at radius 3 is 2.70 bits per heavy atom. The van der Waals surface area contributed by atoms with Gasteiger partial charge in [0.05, 0.1) is 16.7 Å². The van der Waals surface area contributed by atoms with Crippen molar-refractivity contribution < 1.29 is 9.23 Å². The molecule has 2 aliphatic heterocycles. The second kappa shape index (κ2) is 7.89. The van der Waals surface area contributed by atoms with Gasteiger partial charge in [0.25, 0.3) is 0 Å². The molecule has 30 heavy (non-hydrogen) atoms. The number of fused-ring (bicyclic) bond motifs is 1. The van der Waals surface area contributed by atoms with Crippen LogP contribution in [0.15, 0.2) is 52.4 Å². The molecule has 1 unspecified atom stereocenters. The highest BCUT2D eigenvalue weighted by Crippen LogP contribution is 2.29. The molecule has 0 radical (unpaired) electrons. The number of likely N-dealkylation sites (tertiary alicyclic amines) is 1. The van der Waals surface area contributed by atoms with Crippen LogP contribution in [0.1, 0.15) is 37.0 Å². The maximum absolute atomic E-state index is 13.1. The van der Waals surface area contributed by atoms with Gasteiger partial charge >= 0.3 is 5.69 Å². The smallest absolute Gasteiger partial charge is 0.326 e. The average molecular weight is 429 g/mol. The van der Waals surface area contributed by atoms with Crippen LogP contribution in [0.4, 0.5) is 4.39 Å². The van der Waals surface area contributed by atoms with Crippen molar-refractivity contribution in [3.05, 3.63) is 69.4 Å². The molecule has 3 heterocycles. The molecule has 0 amide bonds. The average Bonchev–Trinajstić information content (AvgIpc) is 3.32. The van der Waals surface area contributed by atoms with Crippen LogP contribution in [0.3, 0.4) is 0 Å². The lowest BCUT2D eigenvalue weighted by Crippen LogP contribution is -2.39. The highest BCUT2D eigenvalue weighted by molar-refractivity contribution is 6.31. The molecule has 0 aliphatic carbocycles. The van der Waals surface area contributed by atoms with E-state index >= 15 is 0 Å². The maximum Gasteiger partial charge on any atom is 0.326 e. The predicted molar refractivity (Wildman–Crippen MR) is 115 cm³/mol. The van der Waals surface area contributed by atoms with Crippen molar-refractivity contribution in [1.29, 1.82) is 0 Å². The summed E-state index contributed by atoms with van der Waals surface area (Å²) in [5.74, 6) is -0.252. The molecule has 1 fully saturated rings. The molecular weight excluding hydrogens is 407 g/mol. The Kier molecular flexibility index (Phi) is 5.08. The van der Waals surface area contributed by atoms with E-state index in [2.05, 4.69) is 15.0 Å². The van der Waals surface area contributed by atoms with Crippen molar-refractivity contribution in [2.45, 2.75) is 31.4 Å². The summed E-state index contributed by atoms with van der Waals surface area (Å²) in [4.78, 5) is 23.3. The summed E-state index contributed by atoms with van der Waals surface area (Å²) >= 11 is 6.05. The summed E-state index contributed by atoms with van der Waals surface area (Å²) in [6, 6.07) is 12.1. The van der Waals surface area contributed by atoms with Gasteiger partial charge in [-0.05, 0) is 48.7 Å². The molecule has 8 heteroatoms. The molecule has 0 bridgehead atoms. The summed E-state index contributed by atoms with van der Waals surface area (Å²) < 4.78 is 15.0. The number of oxime groups is 1. The van der Waals surface area contributed by atoms with E-state index < -0.39 is 0 Å². The Labute approximate surface area is 177 Å². The Morgan fingerprint density at radius 2 is 1.93 bits per heavy atom. The van der Waals surface area contributed by atoms with Gasteiger partial charge < -0.3 is 9.82 Å². The van der Waals surface area contributed by atoms with Crippen molar-refractivity contribution in [1.82, 2.24) is 14.5 Å². The van der Waals surface area contributed by atoms with Gasteiger partial charge in [-0.2, -0.15) is 0 Å². The number of benzene rings is 2. The third-order valence-electron chi connectivity index (χ3n) is 5.98. The minimum absolute atomic E-state index is 0.0820. The number of piperidine rings is 1. The van der Waals surface area contributed by atoms with E-state index in [1.807, 2.05) is 16.7 Å². The first-order valence-corrected chi connectivity index (χ1v) is 10.5. The molecule has 5 rings (SSSR count). The van der Waals surface area contributed by atoms with Gasteiger partial charge in [0, 0.05) is 37.1 Å². The molecule has 1 N–H and O–H groups in total. The van der Waals surface area contributed by atoms with Crippen LogP contribution in [0, 0.1) is 5.82 Å². The van der Waals surface area contributed by atoms with Crippen LogP contribution in [0.2, 0.25) is 5.02 Å². The summed E-state index contributed by atoms with van der Waals surface area (Å²) in [5, 5.41) is 4.87. The van der Waals surface area contributed by atoms with E-state index in [1.165, 1.54) is 12.1 Å². The fourth-order valence-corrected chi connectivity index (χ4v) is 4.61. The van der Waals surface area contributed by atoms with E-state index in [-0.39, 0.29) is 23.7 Å². The van der Waals surface area contributed by atoms with E-state index in [1.54, 1.807) is 18.2 Å². The second-order valence-electron chi connectivity index (χ2n) is 7.98. The van der Waals surface area contributed by atoms with Crippen molar-refractivity contribution in [3.8, 4) is 0 Å². The second-order valence-corrected chi connectivity index (χ2v) is 8.41. The number of aromatic amines is 1. The zero-order valence-corrected chi connectivity index (χ0v) is 17.1. The molecule has 0 spiro atoms. The van der Waals surface area contributed by atoms with Crippen molar-refractivity contribution in [3.63, 3.8) is 0 Å². The van der Waals surface area contributed by atoms with Crippen LogP contribution in [0.25, 0.3) is 11.0 Å². The monoisotopic (exact) mass is 428 g/mol.